The normalized spacial score (nSPS) is 9.55. The van der Waals surface area contributed by atoms with Crippen molar-refractivity contribution in [3.63, 3.8) is 0 Å². The number of nitriles is 1. The van der Waals surface area contributed by atoms with E-state index in [1.54, 1.807) is 0 Å². The number of benzene rings is 1. The smallest absolute Gasteiger partial charge is 0.307 e. The zero-order valence-electron chi connectivity index (χ0n) is 9.95. The van der Waals surface area contributed by atoms with Crippen molar-refractivity contribution < 1.29 is 9.72 Å². The SMILES string of the molecule is N#Cc1cn[nH]c1NC(=O)Nc1cccc([N+](=O)[O-])c1. The molecule has 3 N–H and O–H groups in total. The van der Waals surface area contributed by atoms with E-state index in [4.69, 9.17) is 5.26 Å². The lowest BCUT2D eigenvalue weighted by Crippen LogP contribution is -2.20. The van der Waals surface area contributed by atoms with Crippen LogP contribution in [0.2, 0.25) is 0 Å². The predicted molar refractivity (Wildman–Crippen MR) is 69.0 cm³/mol. The molecule has 0 unspecified atom stereocenters. The Bertz CT molecular complexity index is 702. The predicted octanol–water partition coefficient (Wildman–Crippen LogP) is 1.83. The first-order chi connectivity index (χ1) is 9.60. The number of carbonyl (C=O) groups is 1. The highest BCUT2D eigenvalue weighted by atomic mass is 16.6. The molecule has 9 heteroatoms. The minimum absolute atomic E-state index is 0.137. The number of aromatic nitrogens is 2. The molecule has 1 aromatic heterocycles. The molecule has 100 valence electrons. The van der Waals surface area contributed by atoms with E-state index in [2.05, 4.69) is 20.8 Å². The van der Waals surface area contributed by atoms with Crippen LogP contribution in [0.15, 0.2) is 30.5 Å². The van der Waals surface area contributed by atoms with Gasteiger partial charge >= 0.3 is 6.03 Å². The minimum atomic E-state index is -0.647. The lowest BCUT2D eigenvalue weighted by molar-refractivity contribution is -0.384. The van der Waals surface area contributed by atoms with E-state index in [0.29, 0.717) is 0 Å². The van der Waals surface area contributed by atoms with Crippen LogP contribution < -0.4 is 10.6 Å². The summed E-state index contributed by atoms with van der Waals surface area (Å²) < 4.78 is 0. The largest absolute Gasteiger partial charge is 0.324 e. The minimum Gasteiger partial charge on any atom is -0.307 e. The highest BCUT2D eigenvalue weighted by Gasteiger charge is 2.10. The van der Waals surface area contributed by atoms with Crippen molar-refractivity contribution in [2.75, 3.05) is 10.6 Å². The maximum atomic E-state index is 11.7. The Morgan fingerprint density at radius 3 is 2.95 bits per heavy atom. The molecular formula is C11H8N6O3. The second kappa shape index (κ2) is 5.49. The molecule has 0 saturated heterocycles. The van der Waals surface area contributed by atoms with Gasteiger partial charge in [0, 0.05) is 17.8 Å². The fourth-order valence-electron chi connectivity index (χ4n) is 1.44. The standard InChI is InChI=1S/C11H8N6O3/c12-5-7-6-13-16-10(7)15-11(18)14-8-2-1-3-9(4-8)17(19)20/h1-4,6H,(H3,13,14,15,16,18). The average molecular weight is 272 g/mol. The van der Waals surface area contributed by atoms with Crippen molar-refractivity contribution in [2.24, 2.45) is 0 Å². The summed E-state index contributed by atoms with van der Waals surface area (Å²) in [6, 6.07) is 6.68. The van der Waals surface area contributed by atoms with Gasteiger partial charge in [0.25, 0.3) is 5.69 Å². The van der Waals surface area contributed by atoms with Crippen molar-refractivity contribution >= 4 is 23.2 Å². The highest BCUT2D eigenvalue weighted by molar-refractivity contribution is 5.99. The van der Waals surface area contributed by atoms with Crippen LogP contribution in [0.1, 0.15) is 5.56 Å². The van der Waals surface area contributed by atoms with Gasteiger partial charge in [-0.2, -0.15) is 10.4 Å². The van der Waals surface area contributed by atoms with Crippen molar-refractivity contribution in [2.45, 2.75) is 0 Å². The van der Waals surface area contributed by atoms with E-state index in [1.807, 2.05) is 6.07 Å². The molecule has 0 aliphatic rings. The number of aromatic amines is 1. The number of rotatable bonds is 3. The van der Waals surface area contributed by atoms with Crippen LogP contribution in [-0.2, 0) is 0 Å². The van der Waals surface area contributed by atoms with E-state index in [0.717, 1.165) is 0 Å². The number of non-ortho nitro benzene ring substituents is 1. The molecule has 0 fully saturated rings. The van der Waals surface area contributed by atoms with Crippen molar-refractivity contribution in [1.82, 2.24) is 10.2 Å². The summed E-state index contributed by atoms with van der Waals surface area (Å²) in [5.41, 5.74) is 0.302. The van der Waals surface area contributed by atoms with E-state index in [-0.39, 0.29) is 22.8 Å². The molecule has 0 aliphatic heterocycles. The fraction of sp³-hybridized carbons (Fsp3) is 0. The van der Waals surface area contributed by atoms with E-state index in [9.17, 15) is 14.9 Å². The van der Waals surface area contributed by atoms with Gasteiger partial charge in [-0.15, -0.1) is 0 Å². The Hall–Kier alpha value is -3.41. The summed E-state index contributed by atoms with van der Waals surface area (Å²) in [5.74, 6) is 0.149. The number of nitrogens with one attached hydrogen (secondary N) is 3. The van der Waals surface area contributed by atoms with Crippen molar-refractivity contribution in [1.29, 1.82) is 5.26 Å². The quantitative estimate of drug-likeness (QED) is 0.578. The summed E-state index contributed by atoms with van der Waals surface area (Å²) in [6.07, 6.45) is 1.27. The number of nitrogens with zero attached hydrogens (tertiary/aromatic N) is 3. The Balaban J connectivity index is 2.07. The third kappa shape index (κ3) is 2.88. The molecule has 0 aliphatic carbocycles. The number of H-pyrrole nitrogens is 1. The molecule has 0 atom stereocenters. The molecule has 20 heavy (non-hydrogen) atoms. The number of nitro groups is 1. The fourth-order valence-corrected chi connectivity index (χ4v) is 1.44. The van der Waals surface area contributed by atoms with Gasteiger partial charge in [0.15, 0.2) is 0 Å². The van der Waals surface area contributed by atoms with Crippen LogP contribution in [0.3, 0.4) is 0 Å². The number of hydrogen-bond acceptors (Lipinski definition) is 5. The van der Waals surface area contributed by atoms with E-state index >= 15 is 0 Å². The number of urea groups is 1. The van der Waals surface area contributed by atoms with E-state index < -0.39 is 11.0 Å². The molecule has 0 radical (unpaired) electrons. The third-order valence-electron chi connectivity index (χ3n) is 2.31. The number of nitro benzene ring substituents is 1. The number of hydrogen-bond donors (Lipinski definition) is 3. The van der Waals surface area contributed by atoms with Gasteiger partial charge in [0.1, 0.15) is 17.5 Å². The van der Waals surface area contributed by atoms with Gasteiger partial charge in [-0.3, -0.25) is 20.5 Å². The molecule has 0 saturated carbocycles. The van der Waals surface area contributed by atoms with Gasteiger partial charge in [0.05, 0.1) is 11.1 Å². The summed E-state index contributed by atoms with van der Waals surface area (Å²) in [4.78, 5) is 21.7. The number of carbonyl (C=O) groups excluding carboxylic acids is 1. The zero-order chi connectivity index (χ0) is 14.5. The van der Waals surface area contributed by atoms with Crippen molar-refractivity contribution in [3.05, 3.63) is 46.1 Å². The Kier molecular flexibility index (Phi) is 3.58. The van der Waals surface area contributed by atoms with Crippen molar-refractivity contribution in [3.8, 4) is 6.07 Å². The highest BCUT2D eigenvalue weighted by Crippen LogP contribution is 2.17. The van der Waals surface area contributed by atoms with Crippen LogP contribution in [0, 0.1) is 21.4 Å². The first-order valence-corrected chi connectivity index (χ1v) is 5.36. The third-order valence-corrected chi connectivity index (χ3v) is 2.31. The Morgan fingerprint density at radius 1 is 1.45 bits per heavy atom. The van der Waals surface area contributed by atoms with Crippen LogP contribution in [0.25, 0.3) is 0 Å². The summed E-state index contributed by atoms with van der Waals surface area (Å²) in [7, 11) is 0. The molecule has 2 aromatic rings. The lowest BCUT2D eigenvalue weighted by Gasteiger charge is -2.05. The van der Waals surface area contributed by atoms with Gasteiger partial charge in [-0.05, 0) is 6.07 Å². The van der Waals surface area contributed by atoms with Gasteiger partial charge in [-0.1, -0.05) is 6.07 Å². The molecule has 1 heterocycles. The molecule has 0 spiro atoms. The second-order valence-electron chi connectivity index (χ2n) is 3.66. The zero-order valence-corrected chi connectivity index (χ0v) is 9.95. The Labute approximate surface area is 112 Å². The first-order valence-electron chi connectivity index (χ1n) is 5.36. The summed E-state index contributed by atoms with van der Waals surface area (Å²) in [5, 5.41) is 30.2. The second-order valence-corrected chi connectivity index (χ2v) is 3.66. The van der Waals surface area contributed by atoms with Gasteiger partial charge in [0.2, 0.25) is 0 Å². The lowest BCUT2D eigenvalue weighted by atomic mass is 10.3. The van der Waals surface area contributed by atoms with Crippen LogP contribution in [0.4, 0.5) is 22.0 Å². The van der Waals surface area contributed by atoms with Crippen LogP contribution in [-0.4, -0.2) is 21.2 Å². The Morgan fingerprint density at radius 2 is 2.25 bits per heavy atom. The molecule has 1 aromatic carbocycles. The topological polar surface area (TPSA) is 137 Å². The average Bonchev–Trinajstić information content (AvgIpc) is 2.86. The molecule has 9 nitrogen and oxygen atoms in total. The summed E-state index contributed by atoms with van der Waals surface area (Å²) in [6.45, 7) is 0. The maximum absolute atomic E-state index is 11.7. The molecule has 2 rings (SSSR count). The molecule has 2 amide bonds. The summed E-state index contributed by atoms with van der Waals surface area (Å²) >= 11 is 0. The van der Waals surface area contributed by atoms with Crippen LogP contribution in [0.5, 0.6) is 0 Å². The molecule has 0 bridgehead atoms. The molecular weight excluding hydrogens is 264 g/mol. The number of anilines is 2. The monoisotopic (exact) mass is 272 g/mol. The van der Waals surface area contributed by atoms with Crippen LogP contribution >= 0.6 is 0 Å². The van der Waals surface area contributed by atoms with E-state index in [1.165, 1.54) is 30.5 Å². The van der Waals surface area contributed by atoms with Gasteiger partial charge in [-0.25, -0.2) is 4.79 Å². The van der Waals surface area contributed by atoms with Gasteiger partial charge < -0.3 is 5.32 Å². The number of amides is 2. The first kappa shape index (κ1) is 13.0. The maximum Gasteiger partial charge on any atom is 0.324 e.